The minimum absolute atomic E-state index is 0.0873. The van der Waals surface area contributed by atoms with Crippen LogP contribution in [0.25, 0.3) is 66.9 Å². The molecule has 1 saturated heterocycles. The summed E-state index contributed by atoms with van der Waals surface area (Å²) in [5, 5.41) is 11.6. The van der Waals surface area contributed by atoms with Gasteiger partial charge in [0.05, 0.1) is 15.9 Å². The van der Waals surface area contributed by atoms with Gasteiger partial charge in [-0.25, -0.2) is 0 Å². The summed E-state index contributed by atoms with van der Waals surface area (Å²) in [6.45, 7) is 4.23. The maximum absolute atomic E-state index is 12.7. The van der Waals surface area contributed by atoms with Crippen molar-refractivity contribution in [1.29, 1.82) is 0 Å². The van der Waals surface area contributed by atoms with Gasteiger partial charge in [0.15, 0.2) is 0 Å². The normalized spacial score (nSPS) is 15.5. The number of carbonyl (C=O) groups is 2. The zero-order valence-electron chi connectivity index (χ0n) is 28.5. The lowest BCUT2D eigenvalue weighted by Gasteiger charge is -2.21. The molecule has 1 fully saturated rings. The van der Waals surface area contributed by atoms with Crippen LogP contribution in [0.15, 0.2) is 138 Å². The molecule has 252 valence electrons. The molecule has 7 heteroatoms. The van der Waals surface area contributed by atoms with Crippen molar-refractivity contribution in [2.24, 2.45) is 0 Å². The van der Waals surface area contributed by atoms with Crippen LogP contribution < -0.4 is 0 Å². The summed E-state index contributed by atoms with van der Waals surface area (Å²) in [5.74, 6) is -1.47. The fraction of sp³-hybridized carbons (Fsp3) is 0.0889. The average Bonchev–Trinajstić information content (AvgIpc) is 3.70. The van der Waals surface area contributed by atoms with Crippen molar-refractivity contribution in [3.05, 3.63) is 155 Å². The van der Waals surface area contributed by atoms with E-state index < -0.39 is 12.5 Å². The number of carbonyl (C=O) groups excluding carboxylic acids is 1. The van der Waals surface area contributed by atoms with Gasteiger partial charge in [0, 0.05) is 21.9 Å². The van der Waals surface area contributed by atoms with Gasteiger partial charge >= 0.3 is 5.97 Å². The molecule has 1 aromatic heterocycles. The van der Waals surface area contributed by atoms with Gasteiger partial charge in [-0.2, -0.15) is 0 Å². The molecule has 6 aromatic carbocycles. The summed E-state index contributed by atoms with van der Waals surface area (Å²) in [4.78, 5) is 25.4. The highest BCUT2D eigenvalue weighted by molar-refractivity contribution is 8.26. The number of fused-ring (bicyclic) bond motifs is 6. The lowest BCUT2D eigenvalue weighted by Crippen LogP contribution is -2.33. The van der Waals surface area contributed by atoms with Crippen LogP contribution in [-0.4, -0.2) is 37.3 Å². The number of aromatic nitrogens is 1. The second-order valence-electron chi connectivity index (χ2n) is 13.8. The van der Waals surface area contributed by atoms with Crippen LogP contribution in [0.5, 0.6) is 0 Å². The number of amides is 1. The third kappa shape index (κ3) is 5.19. The molecule has 0 unspecified atom stereocenters. The van der Waals surface area contributed by atoms with E-state index in [1.54, 1.807) is 6.08 Å². The van der Waals surface area contributed by atoms with Gasteiger partial charge in [0.2, 0.25) is 0 Å². The quantitative estimate of drug-likeness (QED) is 0.137. The van der Waals surface area contributed by atoms with Gasteiger partial charge in [-0.15, -0.1) is 0 Å². The molecule has 7 aromatic rings. The Kier molecular flexibility index (Phi) is 7.54. The first-order valence-corrected chi connectivity index (χ1v) is 18.4. The zero-order chi connectivity index (χ0) is 35.7. The van der Waals surface area contributed by atoms with Crippen molar-refractivity contribution >= 4 is 68.1 Å². The van der Waals surface area contributed by atoms with E-state index in [0.29, 0.717) is 4.91 Å². The molecule has 0 radical (unpaired) electrons. The Bertz CT molecular complexity index is 2660. The van der Waals surface area contributed by atoms with Gasteiger partial charge in [-0.3, -0.25) is 14.5 Å². The fourth-order valence-electron chi connectivity index (χ4n) is 7.80. The molecule has 0 saturated carbocycles. The largest absolute Gasteiger partial charge is 0.480 e. The molecular weight excluding hydrogens is 681 g/mol. The monoisotopic (exact) mass is 712 g/mol. The Labute approximate surface area is 310 Å². The van der Waals surface area contributed by atoms with Crippen molar-refractivity contribution in [1.82, 2.24) is 9.47 Å². The molecule has 1 amide bonds. The van der Waals surface area contributed by atoms with E-state index in [-0.39, 0.29) is 15.6 Å². The van der Waals surface area contributed by atoms with Gasteiger partial charge in [0.25, 0.3) is 5.91 Å². The summed E-state index contributed by atoms with van der Waals surface area (Å²) >= 11 is 6.35. The Hall–Kier alpha value is -5.76. The van der Waals surface area contributed by atoms with Crippen LogP contribution in [0.1, 0.15) is 30.5 Å². The standard InChI is InChI=1S/C45H32N2O3S2/c1-45(2)37-11-7-6-10-33(37)34-24-36-35-23-31(20-21-39(35)47(40(36)25-38(34)45)32-8-4-3-5-9-32)30-18-16-29(17-19-30)28-14-12-27(13-15-28)22-41-43(50)46(26-42(48)49)44(51)52-41/h3-25H,26H2,1-2H3,(H,48,49)/b41-22-. The first-order chi connectivity index (χ1) is 25.2. The van der Waals surface area contributed by atoms with Gasteiger partial charge in [0.1, 0.15) is 10.9 Å². The van der Waals surface area contributed by atoms with Crippen molar-refractivity contribution in [3.8, 4) is 39.1 Å². The minimum Gasteiger partial charge on any atom is -0.480 e. The van der Waals surface area contributed by atoms with Crippen LogP contribution in [-0.2, 0) is 15.0 Å². The molecular formula is C45H32N2O3S2. The number of carboxylic acids is 1. The maximum atomic E-state index is 12.7. The summed E-state index contributed by atoms with van der Waals surface area (Å²) in [7, 11) is 0. The first kappa shape index (κ1) is 32.2. The number of para-hydroxylation sites is 1. The Morgan fingerprint density at radius 1 is 0.712 bits per heavy atom. The lowest BCUT2D eigenvalue weighted by molar-refractivity contribution is -0.140. The number of hydrogen-bond donors (Lipinski definition) is 1. The van der Waals surface area contributed by atoms with Crippen LogP contribution in [0.2, 0.25) is 0 Å². The number of rotatable bonds is 6. The summed E-state index contributed by atoms with van der Waals surface area (Å²) in [6, 6.07) is 47.7. The Morgan fingerprint density at radius 3 is 2.04 bits per heavy atom. The predicted octanol–water partition coefficient (Wildman–Crippen LogP) is 10.7. The smallest absolute Gasteiger partial charge is 0.323 e. The topological polar surface area (TPSA) is 62.5 Å². The highest BCUT2D eigenvalue weighted by Gasteiger charge is 2.36. The van der Waals surface area contributed by atoms with Crippen molar-refractivity contribution in [3.63, 3.8) is 0 Å². The minimum atomic E-state index is -1.09. The molecule has 0 atom stereocenters. The van der Waals surface area contributed by atoms with Crippen molar-refractivity contribution < 1.29 is 14.7 Å². The highest BCUT2D eigenvalue weighted by Crippen LogP contribution is 2.51. The van der Waals surface area contributed by atoms with E-state index in [1.807, 2.05) is 24.3 Å². The molecule has 0 spiro atoms. The first-order valence-electron chi connectivity index (χ1n) is 17.1. The number of thioether (sulfide) groups is 1. The van der Waals surface area contributed by atoms with E-state index >= 15 is 0 Å². The van der Waals surface area contributed by atoms with Gasteiger partial charge in [-0.1, -0.05) is 135 Å². The second kappa shape index (κ2) is 12.2. The molecule has 1 aliphatic heterocycles. The van der Waals surface area contributed by atoms with Gasteiger partial charge in [-0.05, 0) is 92.5 Å². The number of hydrogen-bond acceptors (Lipinski definition) is 4. The molecule has 1 N–H and O–H groups in total. The van der Waals surface area contributed by atoms with E-state index in [0.717, 1.165) is 50.2 Å². The zero-order valence-corrected chi connectivity index (χ0v) is 30.1. The van der Waals surface area contributed by atoms with Gasteiger partial charge < -0.3 is 9.67 Å². The molecule has 5 nitrogen and oxygen atoms in total. The van der Waals surface area contributed by atoms with Crippen LogP contribution >= 0.6 is 24.0 Å². The van der Waals surface area contributed by atoms with Crippen molar-refractivity contribution in [2.75, 3.05) is 6.54 Å². The summed E-state index contributed by atoms with van der Waals surface area (Å²) in [6.07, 6.45) is 1.76. The molecule has 52 heavy (non-hydrogen) atoms. The molecule has 1 aliphatic carbocycles. The third-order valence-corrected chi connectivity index (χ3v) is 11.8. The second-order valence-corrected chi connectivity index (χ2v) is 15.5. The average molecular weight is 713 g/mol. The van der Waals surface area contributed by atoms with Crippen LogP contribution in [0.3, 0.4) is 0 Å². The molecule has 9 rings (SSSR count). The van der Waals surface area contributed by atoms with Crippen LogP contribution in [0.4, 0.5) is 0 Å². The SMILES string of the molecule is CC1(C)c2ccccc2-c2cc3c4cc(-c5ccc(-c6ccc(/C=C7\SC(=S)N(CC(=O)O)C7=O)cc6)cc5)ccc4n(-c4ccccc4)c3cc21. The number of carboxylic acid groups (broad SMARTS) is 1. The summed E-state index contributed by atoms with van der Waals surface area (Å²) in [5.41, 5.74) is 14.1. The maximum Gasteiger partial charge on any atom is 0.323 e. The highest BCUT2D eigenvalue weighted by atomic mass is 32.2. The van der Waals surface area contributed by atoms with E-state index in [1.165, 1.54) is 44.1 Å². The fourth-order valence-corrected chi connectivity index (χ4v) is 9.05. The predicted molar refractivity (Wildman–Crippen MR) is 217 cm³/mol. The number of thiocarbonyl (C=S) groups is 1. The van der Waals surface area contributed by atoms with Crippen molar-refractivity contribution in [2.45, 2.75) is 19.3 Å². The summed E-state index contributed by atoms with van der Waals surface area (Å²) < 4.78 is 2.66. The Morgan fingerprint density at radius 2 is 1.33 bits per heavy atom. The van der Waals surface area contributed by atoms with E-state index in [2.05, 4.69) is 128 Å². The van der Waals surface area contributed by atoms with E-state index in [9.17, 15) is 9.59 Å². The third-order valence-electron chi connectivity index (χ3n) is 10.4. The number of aliphatic carboxylic acids is 1. The molecule has 2 aliphatic rings. The number of nitrogens with zero attached hydrogens (tertiary/aromatic N) is 2. The number of benzene rings is 6. The Balaban J connectivity index is 1.07. The molecule has 0 bridgehead atoms. The lowest BCUT2D eigenvalue weighted by atomic mass is 9.82. The van der Waals surface area contributed by atoms with E-state index in [4.69, 9.17) is 17.3 Å². The molecule has 2 heterocycles. The van der Waals surface area contributed by atoms with Crippen LogP contribution in [0, 0.1) is 0 Å².